The fourth-order valence-electron chi connectivity index (χ4n) is 4.42. The second-order valence-electron chi connectivity index (χ2n) is 9.28. The van der Waals surface area contributed by atoms with Gasteiger partial charge < -0.3 is 20.7 Å². The standard InChI is InChI=1S/C29H24N6O6/c1-16(36)30-13-12-17-2-6-19(7-3-17)26(25-22-15-21(35(40)41)10-11-23(22)32-28(25)38)31-20-8-4-18(5-9-20)14-24-27(37)34-29(39)33-24/h2-11,14-15,32,38H,12-13H2,1H3,(H,30,36)(H2,33,34,37,39)/b24-14+,31-26?. The summed E-state index contributed by atoms with van der Waals surface area (Å²) in [4.78, 5) is 53.1. The molecule has 41 heavy (non-hydrogen) atoms. The molecule has 206 valence electrons. The molecule has 0 atom stereocenters. The summed E-state index contributed by atoms with van der Waals surface area (Å²) in [5.74, 6) is -0.833. The number of nitro benzene ring substituents is 1. The number of H-pyrrole nitrogens is 1. The fraction of sp³-hybridized carbons (Fsp3) is 0.103. The second kappa shape index (κ2) is 11.1. The van der Waals surface area contributed by atoms with E-state index in [1.807, 2.05) is 24.3 Å². The lowest BCUT2D eigenvalue weighted by molar-refractivity contribution is -0.384. The molecule has 0 unspecified atom stereocenters. The lowest BCUT2D eigenvalue weighted by Crippen LogP contribution is -2.22. The van der Waals surface area contributed by atoms with Crippen LogP contribution in [-0.2, 0) is 16.0 Å². The van der Waals surface area contributed by atoms with Crippen LogP contribution in [0.4, 0.5) is 16.2 Å². The normalized spacial score (nSPS) is 14.3. The zero-order chi connectivity index (χ0) is 29.1. The average Bonchev–Trinajstić information content (AvgIpc) is 3.44. The van der Waals surface area contributed by atoms with Crippen molar-refractivity contribution in [3.63, 3.8) is 0 Å². The first kappa shape index (κ1) is 26.8. The molecule has 5 N–H and O–H groups in total. The van der Waals surface area contributed by atoms with Crippen LogP contribution in [-0.4, -0.2) is 45.1 Å². The SMILES string of the molecule is CC(=O)NCCc1ccc(C(=Nc2ccc(/C=C3/NC(=O)NC3=O)cc2)c2c(O)[nH]c3ccc([N+](=O)[O-])cc23)cc1. The van der Waals surface area contributed by atoms with Gasteiger partial charge in [0.15, 0.2) is 5.88 Å². The molecule has 0 spiro atoms. The van der Waals surface area contributed by atoms with Crippen LogP contribution in [0.1, 0.15) is 29.2 Å². The van der Waals surface area contributed by atoms with Gasteiger partial charge in [0.2, 0.25) is 5.91 Å². The molecule has 0 radical (unpaired) electrons. The molecule has 1 aromatic heterocycles. The number of imide groups is 1. The van der Waals surface area contributed by atoms with E-state index in [9.17, 15) is 29.6 Å². The molecule has 12 nitrogen and oxygen atoms in total. The number of carbonyl (C=O) groups is 3. The Morgan fingerprint density at radius 3 is 2.41 bits per heavy atom. The Morgan fingerprint density at radius 1 is 1.05 bits per heavy atom. The summed E-state index contributed by atoms with van der Waals surface area (Å²) in [6, 6.07) is 17.9. The quantitative estimate of drug-likeness (QED) is 0.0729. The Kier molecular flexibility index (Phi) is 7.29. The number of hydrogen-bond acceptors (Lipinski definition) is 7. The van der Waals surface area contributed by atoms with E-state index >= 15 is 0 Å². The average molecular weight is 553 g/mol. The number of nitrogens with one attached hydrogen (secondary N) is 4. The molecule has 1 fully saturated rings. The number of aromatic hydroxyl groups is 1. The third-order valence-corrected chi connectivity index (χ3v) is 6.39. The number of hydrogen-bond donors (Lipinski definition) is 5. The predicted molar refractivity (Wildman–Crippen MR) is 152 cm³/mol. The summed E-state index contributed by atoms with van der Waals surface area (Å²) in [7, 11) is 0. The summed E-state index contributed by atoms with van der Waals surface area (Å²) < 4.78 is 0. The highest BCUT2D eigenvalue weighted by Gasteiger charge is 2.23. The van der Waals surface area contributed by atoms with E-state index in [0.29, 0.717) is 52.0 Å². The number of benzene rings is 3. The first-order valence-corrected chi connectivity index (χ1v) is 12.5. The second-order valence-corrected chi connectivity index (χ2v) is 9.28. The van der Waals surface area contributed by atoms with Gasteiger partial charge in [-0.15, -0.1) is 0 Å². The van der Waals surface area contributed by atoms with E-state index in [0.717, 1.165) is 5.56 Å². The molecule has 2 heterocycles. The number of amides is 4. The van der Waals surface area contributed by atoms with Gasteiger partial charge in [0.25, 0.3) is 11.6 Å². The Morgan fingerprint density at radius 2 is 1.78 bits per heavy atom. The van der Waals surface area contributed by atoms with Crippen LogP contribution in [0, 0.1) is 10.1 Å². The van der Waals surface area contributed by atoms with Crippen LogP contribution in [0.15, 0.2) is 77.4 Å². The smallest absolute Gasteiger partial charge is 0.326 e. The number of aliphatic imine (C=N–C) groups is 1. The highest BCUT2D eigenvalue weighted by molar-refractivity contribution is 6.22. The first-order chi connectivity index (χ1) is 19.7. The van der Waals surface area contributed by atoms with Crippen LogP contribution >= 0.6 is 0 Å². The van der Waals surface area contributed by atoms with E-state index < -0.39 is 16.9 Å². The topological polar surface area (TPSA) is 179 Å². The van der Waals surface area contributed by atoms with Gasteiger partial charge in [-0.05, 0) is 41.8 Å². The number of nitrogens with zero attached hydrogens (tertiary/aromatic N) is 2. The molecular formula is C29H24N6O6. The fourth-order valence-corrected chi connectivity index (χ4v) is 4.42. The summed E-state index contributed by atoms with van der Waals surface area (Å²) in [6.07, 6.45) is 2.14. The van der Waals surface area contributed by atoms with Crippen molar-refractivity contribution >= 4 is 51.9 Å². The van der Waals surface area contributed by atoms with E-state index in [4.69, 9.17) is 4.99 Å². The van der Waals surface area contributed by atoms with Gasteiger partial charge >= 0.3 is 6.03 Å². The van der Waals surface area contributed by atoms with Crippen molar-refractivity contribution in [2.45, 2.75) is 13.3 Å². The number of aromatic nitrogens is 1. The maximum absolute atomic E-state index is 11.8. The number of urea groups is 1. The summed E-state index contributed by atoms with van der Waals surface area (Å²) in [5.41, 5.74) is 3.93. The third-order valence-electron chi connectivity index (χ3n) is 6.39. The molecular weight excluding hydrogens is 528 g/mol. The van der Waals surface area contributed by atoms with Gasteiger partial charge in [0.05, 0.1) is 21.9 Å². The molecule has 1 aliphatic rings. The number of rotatable bonds is 8. The number of fused-ring (bicyclic) bond motifs is 1. The molecule has 5 rings (SSSR count). The highest BCUT2D eigenvalue weighted by atomic mass is 16.6. The number of nitro groups is 1. The minimum atomic E-state index is -0.591. The molecule has 0 bridgehead atoms. The van der Waals surface area contributed by atoms with Crippen molar-refractivity contribution in [2.24, 2.45) is 4.99 Å². The lowest BCUT2D eigenvalue weighted by atomic mass is 9.98. The van der Waals surface area contributed by atoms with Crippen molar-refractivity contribution < 1.29 is 24.4 Å². The van der Waals surface area contributed by atoms with E-state index in [2.05, 4.69) is 20.9 Å². The largest absolute Gasteiger partial charge is 0.494 e. The van der Waals surface area contributed by atoms with E-state index in [1.54, 1.807) is 24.3 Å². The molecule has 4 amide bonds. The molecule has 4 aromatic rings. The number of carbonyl (C=O) groups excluding carboxylic acids is 3. The maximum atomic E-state index is 11.8. The van der Waals surface area contributed by atoms with Crippen molar-refractivity contribution in [2.75, 3.05) is 6.54 Å². The van der Waals surface area contributed by atoms with Crippen molar-refractivity contribution in [3.8, 4) is 5.88 Å². The minimum absolute atomic E-state index is 0.113. The third kappa shape index (κ3) is 5.96. The van der Waals surface area contributed by atoms with Gasteiger partial charge in [0, 0.05) is 42.1 Å². The summed E-state index contributed by atoms with van der Waals surface area (Å²) >= 11 is 0. The Labute approximate surface area is 233 Å². The van der Waals surface area contributed by atoms with Gasteiger partial charge in [-0.2, -0.15) is 0 Å². The van der Waals surface area contributed by atoms with Crippen LogP contribution in [0.5, 0.6) is 5.88 Å². The first-order valence-electron chi connectivity index (χ1n) is 12.5. The molecule has 1 saturated heterocycles. The van der Waals surface area contributed by atoms with Gasteiger partial charge in [-0.25, -0.2) is 9.79 Å². The van der Waals surface area contributed by atoms with Crippen LogP contribution in [0.25, 0.3) is 17.0 Å². The van der Waals surface area contributed by atoms with Gasteiger partial charge in [0.1, 0.15) is 5.70 Å². The summed E-state index contributed by atoms with van der Waals surface area (Å²) in [6.45, 7) is 1.94. The Hall–Kier alpha value is -5.78. The van der Waals surface area contributed by atoms with Crippen molar-refractivity contribution in [1.82, 2.24) is 20.9 Å². The van der Waals surface area contributed by atoms with E-state index in [-0.39, 0.29) is 23.2 Å². The molecule has 0 saturated carbocycles. The van der Waals surface area contributed by atoms with Crippen LogP contribution in [0.2, 0.25) is 0 Å². The molecule has 1 aliphatic heterocycles. The van der Waals surface area contributed by atoms with Gasteiger partial charge in [-0.1, -0.05) is 36.4 Å². The molecule has 12 heteroatoms. The van der Waals surface area contributed by atoms with Gasteiger partial charge in [-0.3, -0.25) is 25.0 Å². The maximum Gasteiger partial charge on any atom is 0.326 e. The molecule has 0 aliphatic carbocycles. The van der Waals surface area contributed by atoms with Crippen LogP contribution < -0.4 is 16.0 Å². The summed E-state index contributed by atoms with van der Waals surface area (Å²) in [5, 5.41) is 30.2. The Bertz CT molecular complexity index is 1750. The zero-order valence-corrected chi connectivity index (χ0v) is 21.7. The number of non-ortho nitro benzene ring substituents is 1. The predicted octanol–water partition coefficient (Wildman–Crippen LogP) is 3.81. The van der Waals surface area contributed by atoms with E-state index in [1.165, 1.54) is 31.2 Å². The van der Waals surface area contributed by atoms with Crippen LogP contribution in [0.3, 0.4) is 0 Å². The number of aromatic amines is 1. The molecule has 3 aromatic carbocycles. The lowest BCUT2D eigenvalue weighted by Gasteiger charge is -2.10. The minimum Gasteiger partial charge on any atom is -0.494 e. The highest BCUT2D eigenvalue weighted by Crippen LogP contribution is 2.34. The van der Waals surface area contributed by atoms with Crippen molar-refractivity contribution in [1.29, 1.82) is 0 Å². The Balaban J connectivity index is 1.56. The monoisotopic (exact) mass is 552 g/mol. The zero-order valence-electron chi connectivity index (χ0n) is 21.7. The van der Waals surface area contributed by atoms with Crippen molar-refractivity contribution in [3.05, 3.63) is 105 Å².